The lowest BCUT2D eigenvalue weighted by Gasteiger charge is -2.29. The molecule has 0 spiro atoms. The second-order valence-corrected chi connectivity index (χ2v) is 7.00. The van der Waals surface area contributed by atoms with Gasteiger partial charge in [0.1, 0.15) is 5.69 Å². The monoisotopic (exact) mass is 384 g/mol. The molecule has 3 rings (SSSR count). The van der Waals surface area contributed by atoms with Crippen molar-refractivity contribution in [2.75, 3.05) is 6.61 Å². The predicted octanol–water partition coefficient (Wildman–Crippen LogP) is 2.64. The fourth-order valence-corrected chi connectivity index (χ4v) is 3.29. The van der Waals surface area contributed by atoms with E-state index in [1.807, 2.05) is 30.3 Å². The molecule has 0 bridgehead atoms. The molecule has 1 fully saturated rings. The van der Waals surface area contributed by atoms with Gasteiger partial charge in [0.25, 0.3) is 5.91 Å². The number of benzene rings is 1. The predicted molar refractivity (Wildman–Crippen MR) is 102 cm³/mol. The van der Waals surface area contributed by atoms with E-state index in [1.165, 1.54) is 0 Å². The third kappa shape index (κ3) is 5.18. The van der Waals surface area contributed by atoms with Gasteiger partial charge in [0.05, 0.1) is 5.69 Å². The van der Waals surface area contributed by atoms with E-state index in [4.69, 9.17) is 4.74 Å². The molecule has 0 radical (unpaired) electrons. The van der Waals surface area contributed by atoms with Gasteiger partial charge in [0.2, 0.25) is 0 Å². The number of H-pyrrole nitrogens is 1. The molecular weight excluding hydrogens is 360 g/mol. The second kappa shape index (κ2) is 9.16. The summed E-state index contributed by atoms with van der Waals surface area (Å²) in [7, 11) is 0. The van der Waals surface area contributed by atoms with Crippen LogP contribution in [0.3, 0.4) is 0 Å². The van der Waals surface area contributed by atoms with Gasteiger partial charge in [0, 0.05) is 11.6 Å². The summed E-state index contributed by atoms with van der Waals surface area (Å²) in [6.45, 7) is 1.54. The Morgan fingerprint density at radius 3 is 2.68 bits per heavy atom. The van der Waals surface area contributed by atoms with Gasteiger partial charge in [-0.25, -0.2) is 9.59 Å². The Bertz CT molecular complexity index is 834. The summed E-state index contributed by atoms with van der Waals surface area (Å²) >= 11 is 0. The lowest BCUT2D eigenvalue weighted by molar-refractivity contribution is -0.123. The quantitative estimate of drug-likeness (QED) is 0.686. The zero-order chi connectivity index (χ0) is 19.9. The number of urea groups is 1. The number of imide groups is 1. The van der Waals surface area contributed by atoms with Gasteiger partial charge < -0.3 is 10.1 Å². The van der Waals surface area contributed by atoms with E-state index in [0.717, 1.165) is 31.2 Å². The summed E-state index contributed by atoms with van der Waals surface area (Å²) < 4.78 is 4.95. The number of carbonyl (C=O) groups excluding carboxylic acids is 3. The summed E-state index contributed by atoms with van der Waals surface area (Å²) in [5, 5.41) is 11.7. The van der Waals surface area contributed by atoms with Crippen molar-refractivity contribution in [3.8, 4) is 11.3 Å². The number of nitrogens with zero attached hydrogens (tertiary/aromatic N) is 1. The molecule has 148 valence electrons. The first kappa shape index (κ1) is 19.6. The molecule has 1 aliphatic carbocycles. The zero-order valence-electron chi connectivity index (χ0n) is 15.7. The van der Waals surface area contributed by atoms with E-state index >= 15 is 0 Å². The summed E-state index contributed by atoms with van der Waals surface area (Å²) in [4.78, 5) is 35.9. The van der Waals surface area contributed by atoms with Crippen molar-refractivity contribution in [1.82, 2.24) is 20.8 Å². The maximum atomic E-state index is 12.1. The van der Waals surface area contributed by atoms with Gasteiger partial charge >= 0.3 is 12.0 Å². The molecule has 1 heterocycles. The highest BCUT2D eigenvalue weighted by atomic mass is 16.5. The fourth-order valence-electron chi connectivity index (χ4n) is 3.29. The Balaban J connectivity index is 1.44. The molecule has 1 aliphatic rings. The van der Waals surface area contributed by atoms with Crippen molar-refractivity contribution in [3.63, 3.8) is 0 Å². The van der Waals surface area contributed by atoms with E-state index in [-0.39, 0.29) is 11.7 Å². The minimum Gasteiger partial charge on any atom is -0.451 e. The van der Waals surface area contributed by atoms with Crippen molar-refractivity contribution in [1.29, 1.82) is 0 Å². The van der Waals surface area contributed by atoms with Crippen molar-refractivity contribution in [2.24, 2.45) is 5.92 Å². The smallest absolute Gasteiger partial charge is 0.356 e. The molecule has 0 saturated heterocycles. The highest BCUT2D eigenvalue weighted by Gasteiger charge is 2.23. The van der Waals surface area contributed by atoms with Crippen molar-refractivity contribution in [2.45, 2.75) is 38.6 Å². The highest BCUT2D eigenvalue weighted by molar-refractivity contribution is 5.96. The van der Waals surface area contributed by atoms with Crippen LogP contribution in [0, 0.1) is 5.92 Å². The van der Waals surface area contributed by atoms with Crippen LogP contribution in [0.25, 0.3) is 11.3 Å². The average molecular weight is 384 g/mol. The van der Waals surface area contributed by atoms with Gasteiger partial charge in [-0.2, -0.15) is 5.10 Å². The maximum Gasteiger partial charge on any atom is 0.356 e. The number of hydrogen-bond donors (Lipinski definition) is 3. The van der Waals surface area contributed by atoms with Crippen molar-refractivity contribution in [3.05, 3.63) is 42.1 Å². The molecule has 0 aliphatic heterocycles. The Kier molecular flexibility index (Phi) is 6.41. The van der Waals surface area contributed by atoms with Gasteiger partial charge in [0.15, 0.2) is 6.61 Å². The summed E-state index contributed by atoms with van der Waals surface area (Å²) in [5.41, 5.74) is 1.58. The number of carbonyl (C=O) groups is 3. The molecule has 1 aromatic heterocycles. The Hall–Kier alpha value is -3.16. The van der Waals surface area contributed by atoms with Crippen molar-refractivity contribution >= 4 is 17.9 Å². The number of rotatable bonds is 5. The molecule has 8 nitrogen and oxygen atoms in total. The fraction of sp³-hybridized carbons (Fsp3) is 0.400. The third-order valence-corrected chi connectivity index (χ3v) is 4.88. The van der Waals surface area contributed by atoms with Crippen LogP contribution >= 0.6 is 0 Å². The van der Waals surface area contributed by atoms with Crippen molar-refractivity contribution < 1.29 is 19.1 Å². The third-order valence-electron chi connectivity index (χ3n) is 4.88. The Morgan fingerprint density at radius 2 is 1.93 bits per heavy atom. The first-order valence-corrected chi connectivity index (χ1v) is 9.41. The van der Waals surface area contributed by atoms with Gasteiger partial charge in [-0.05, 0) is 24.8 Å². The minimum atomic E-state index is -0.717. The van der Waals surface area contributed by atoms with Crippen LogP contribution in [0.4, 0.5) is 4.79 Å². The van der Waals surface area contributed by atoms with Gasteiger partial charge in [-0.3, -0.25) is 15.2 Å². The van der Waals surface area contributed by atoms with Gasteiger partial charge in [-0.15, -0.1) is 0 Å². The van der Waals surface area contributed by atoms with Crippen LogP contribution in [0.5, 0.6) is 0 Å². The van der Waals surface area contributed by atoms with Crippen LogP contribution in [0.1, 0.15) is 43.1 Å². The lowest BCUT2D eigenvalue weighted by atomic mass is 9.86. The molecule has 3 amide bonds. The highest BCUT2D eigenvalue weighted by Crippen LogP contribution is 2.23. The zero-order valence-corrected chi connectivity index (χ0v) is 15.7. The summed E-state index contributed by atoms with van der Waals surface area (Å²) in [6.07, 6.45) is 4.19. The lowest BCUT2D eigenvalue weighted by Crippen LogP contribution is -2.48. The number of hydrogen-bond acceptors (Lipinski definition) is 5. The van der Waals surface area contributed by atoms with Crippen LogP contribution in [0.2, 0.25) is 0 Å². The summed E-state index contributed by atoms with van der Waals surface area (Å²) in [6, 6.07) is 10.4. The second-order valence-electron chi connectivity index (χ2n) is 7.00. The molecule has 2 atom stereocenters. The number of aromatic nitrogens is 2. The molecule has 8 heteroatoms. The largest absolute Gasteiger partial charge is 0.451 e. The minimum absolute atomic E-state index is 0.0606. The molecular formula is C20H24N4O4. The molecule has 1 aromatic carbocycles. The van der Waals surface area contributed by atoms with Crippen LogP contribution in [-0.4, -0.2) is 40.8 Å². The normalized spacial score (nSPS) is 18.9. The van der Waals surface area contributed by atoms with E-state index < -0.39 is 24.5 Å². The van der Waals surface area contributed by atoms with E-state index in [9.17, 15) is 14.4 Å². The number of amides is 3. The molecule has 1 saturated carbocycles. The number of ether oxygens (including phenoxy) is 1. The Labute approximate surface area is 163 Å². The summed E-state index contributed by atoms with van der Waals surface area (Å²) in [5.74, 6) is -1.02. The molecule has 3 N–H and O–H groups in total. The van der Waals surface area contributed by atoms with Crippen LogP contribution < -0.4 is 10.6 Å². The van der Waals surface area contributed by atoms with Crippen LogP contribution in [0.15, 0.2) is 36.4 Å². The van der Waals surface area contributed by atoms with E-state index in [0.29, 0.717) is 11.6 Å². The van der Waals surface area contributed by atoms with Crippen LogP contribution in [-0.2, 0) is 9.53 Å². The molecule has 28 heavy (non-hydrogen) atoms. The SMILES string of the molecule is C[C@@H]1CCCC[C@@H]1NC(=O)NC(=O)COC(=O)c1cc(-c2ccccc2)n[nH]1. The standard InChI is InChI=1S/C20H24N4O4/c1-13-7-5-6-10-15(13)21-20(27)22-18(25)12-28-19(26)17-11-16(23-24-17)14-8-3-2-4-9-14/h2-4,8-9,11,13,15H,5-7,10,12H2,1H3,(H,23,24)(H2,21,22,25,27)/t13-,15+/m1/s1. The number of esters is 1. The first-order chi connectivity index (χ1) is 13.5. The van der Waals surface area contributed by atoms with Gasteiger partial charge in [-0.1, -0.05) is 50.1 Å². The average Bonchev–Trinajstić information content (AvgIpc) is 3.19. The van der Waals surface area contributed by atoms with E-state index in [2.05, 4.69) is 27.8 Å². The topological polar surface area (TPSA) is 113 Å². The molecule has 2 aromatic rings. The number of nitrogens with one attached hydrogen (secondary N) is 3. The van der Waals surface area contributed by atoms with E-state index in [1.54, 1.807) is 6.07 Å². The maximum absolute atomic E-state index is 12.1. The molecule has 0 unspecified atom stereocenters. The Morgan fingerprint density at radius 1 is 1.18 bits per heavy atom. The number of aromatic amines is 1. The first-order valence-electron chi connectivity index (χ1n) is 9.41.